The topological polar surface area (TPSA) is 101 Å². The normalized spacial score (nSPS) is 14.8. The first-order valence-electron chi connectivity index (χ1n) is 9.69. The molecular formula is C22H19FN4O4S. The number of nitrogens with one attached hydrogen (secondary N) is 2. The lowest BCUT2D eigenvalue weighted by molar-refractivity contribution is -0.123. The van der Waals surface area contributed by atoms with Gasteiger partial charge in [0.25, 0.3) is 5.91 Å². The molecule has 0 radical (unpaired) electrons. The summed E-state index contributed by atoms with van der Waals surface area (Å²) in [6, 6.07) is 11.3. The number of hydrogen-bond donors (Lipinski definition) is 2. The van der Waals surface area contributed by atoms with Crippen molar-refractivity contribution in [3.8, 4) is 17.0 Å². The lowest BCUT2D eigenvalue weighted by Gasteiger charge is -2.33. The molecule has 1 aliphatic heterocycles. The van der Waals surface area contributed by atoms with Crippen LogP contribution in [0.4, 0.5) is 20.9 Å². The van der Waals surface area contributed by atoms with E-state index in [4.69, 9.17) is 4.74 Å². The monoisotopic (exact) mass is 454 g/mol. The van der Waals surface area contributed by atoms with Crippen molar-refractivity contribution in [1.82, 2.24) is 4.98 Å². The largest absolute Gasteiger partial charge is 0.476 e. The van der Waals surface area contributed by atoms with Gasteiger partial charge in [-0.15, -0.1) is 11.3 Å². The Kier molecular flexibility index (Phi) is 5.87. The van der Waals surface area contributed by atoms with Crippen molar-refractivity contribution in [3.63, 3.8) is 0 Å². The van der Waals surface area contributed by atoms with E-state index < -0.39 is 17.8 Å². The number of benzene rings is 2. The van der Waals surface area contributed by atoms with Crippen LogP contribution in [0.1, 0.15) is 13.8 Å². The minimum atomic E-state index is -0.921. The maximum absolute atomic E-state index is 14.5. The van der Waals surface area contributed by atoms with Crippen LogP contribution in [0.5, 0.6) is 5.75 Å². The number of amides is 3. The number of carbonyl (C=O) groups is 3. The van der Waals surface area contributed by atoms with Crippen LogP contribution < -0.4 is 20.3 Å². The third kappa shape index (κ3) is 4.45. The fraction of sp³-hybridized carbons (Fsp3) is 0.182. The minimum absolute atomic E-state index is 0.0651. The van der Waals surface area contributed by atoms with Crippen LogP contribution in [0.2, 0.25) is 0 Å². The third-order valence-electron chi connectivity index (χ3n) is 4.75. The zero-order valence-corrected chi connectivity index (χ0v) is 18.0. The van der Waals surface area contributed by atoms with Crippen molar-refractivity contribution < 1.29 is 23.5 Å². The summed E-state index contributed by atoms with van der Waals surface area (Å²) >= 11 is 1.14. The van der Waals surface area contributed by atoms with Crippen molar-refractivity contribution in [3.05, 3.63) is 53.7 Å². The maximum atomic E-state index is 14.5. The molecule has 3 amide bonds. The molecule has 0 fully saturated rings. The number of thiazole rings is 1. The summed E-state index contributed by atoms with van der Waals surface area (Å²) in [5, 5.41) is 7.08. The number of nitrogens with zero attached hydrogens (tertiary/aromatic N) is 2. The Morgan fingerprint density at radius 3 is 2.66 bits per heavy atom. The van der Waals surface area contributed by atoms with Crippen LogP contribution in [0.3, 0.4) is 0 Å². The van der Waals surface area contributed by atoms with Crippen LogP contribution in [0.15, 0.2) is 47.8 Å². The number of hydrogen-bond acceptors (Lipinski definition) is 6. The number of halogens is 1. The van der Waals surface area contributed by atoms with Crippen LogP contribution in [0, 0.1) is 5.82 Å². The Morgan fingerprint density at radius 1 is 1.16 bits per heavy atom. The summed E-state index contributed by atoms with van der Waals surface area (Å²) in [7, 11) is 0. The molecule has 164 valence electrons. The smallest absolute Gasteiger partial charge is 0.269 e. The summed E-state index contributed by atoms with van der Waals surface area (Å²) in [6.45, 7) is 2.83. The van der Waals surface area contributed by atoms with E-state index in [0.29, 0.717) is 22.8 Å². The number of aromatic nitrogens is 1. The Hall–Kier alpha value is -3.79. The zero-order valence-electron chi connectivity index (χ0n) is 17.2. The second-order valence-electron chi connectivity index (χ2n) is 7.11. The average molecular weight is 454 g/mol. The standard InChI is InChI=1S/C22H19FN4O4S/c1-12(28)24-14-7-8-15(16(23)9-14)17-11-32-22(25-17)26-21(30)20-10-27(13(2)29)18-5-3-4-6-19(18)31-20/h3-9,11,20H,10H2,1-2H3,(H,24,28)(H,25,26,30). The van der Waals surface area contributed by atoms with Gasteiger partial charge in [-0.1, -0.05) is 12.1 Å². The maximum Gasteiger partial charge on any atom is 0.269 e. The number of fused-ring (bicyclic) bond motifs is 1. The molecule has 3 aromatic rings. The molecule has 1 aliphatic rings. The van der Waals surface area contributed by atoms with Gasteiger partial charge in [0.2, 0.25) is 11.8 Å². The highest BCUT2D eigenvalue weighted by molar-refractivity contribution is 7.14. The molecule has 0 spiro atoms. The molecule has 1 aromatic heterocycles. The van der Waals surface area contributed by atoms with Crippen LogP contribution in [0.25, 0.3) is 11.3 Å². The predicted octanol–water partition coefficient (Wildman–Crippen LogP) is 3.66. The van der Waals surface area contributed by atoms with Gasteiger partial charge in [0.05, 0.1) is 17.9 Å². The van der Waals surface area contributed by atoms with Gasteiger partial charge < -0.3 is 15.0 Å². The molecule has 0 saturated carbocycles. The van der Waals surface area contributed by atoms with Gasteiger partial charge in [-0.25, -0.2) is 9.37 Å². The van der Waals surface area contributed by atoms with Crippen molar-refractivity contribution in [2.24, 2.45) is 0 Å². The summed E-state index contributed by atoms with van der Waals surface area (Å²) in [4.78, 5) is 41.7. The van der Waals surface area contributed by atoms with E-state index in [1.807, 2.05) is 0 Å². The molecule has 1 atom stereocenters. The highest BCUT2D eigenvalue weighted by Gasteiger charge is 2.32. The summed E-state index contributed by atoms with van der Waals surface area (Å²) in [5.41, 5.74) is 1.53. The molecule has 1 unspecified atom stereocenters. The Bertz CT molecular complexity index is 1210. The number of rotatable bonds is 4. The predicted molar refractivity (Wildman–Crippen MR) is 119 cm³/mol. The van der Waals surface area contributed by atoms with E-state index in [2.05, 4.69) is 15.6 Å². The van der Waals surface area contributed by atoms with Gasteiger partial charge in [0.1, 0.15) is 11.6 Å². The molecule has 2 heterocycles. The second-order valence-corrected chi connectivity index (χ2v) is 7.96. The number of para-hydroxylation sites is 2. The van der Waals surface area contributed by atoms with Crippen LogP contribution in [-0.2, 0) is 14.4 Å². The van der Waals surface area contributed by atoms with Crippen molar-refractivity contribution in [2.75, 3.05) is 22.1 Å². The molecule has 0 aliphatic carbocycles. The molecule has 4 rings (SSSR count). The Balaban J connectivity index is 1.49. The van der Waals surface area contributed by atoms with E-state index in [9.17, 15) is 18.8 Å². The number of ether oxygens (including phenoxy) is 1. The van der Waals surface area contributed by atoms with Gasteiger partial charge >= 0.3 is 0 Å². The fourth-order valence-corrected chi connectivity index (χ4v) is 4.03. The van der Waals surface area contributed by atoms with E-state index in [1.54, 1.807) is 35.7 Å². The summed E-state index contributed by atoms with van der Waals surface area (Å²) < 4.78 is 20.3. The van der Waals surface area contributed by atoms with E-state index >= 15 is 0 Å². The molecular weight excluding hydrogens is 435 g/mol. The minimum Gasteiger partial charge on any atom is -0.476 e. The first kappa shape index (κ1) is 21.4. The Morgan fingerprint density at radius 2 is 1.94 bits per heavy atom. The molecule has 2 N–H and O–H groups in total. The van der Waals surface area contributed by atoms with E-state index in [-0.39, 0.29) is 29.1 Å². The molecule has 2 aromatic carbocycles. The van der Waals surface area contributed by atoms with Crippen molar-refractivity contribution >= 4 is 45.6 Å². The molecule has 8 nitrogen and oxygen atoms in total. The highest BCUT2D eigenvalue weighted by Crippen LogP contribution is 2.34. The second kappa shape index (κ2) is 8.75. The van der Waals surface area contributed by atoms with E-state index in [0.717, 1.165) is 11.3 Å². The quantitative estimate of drug-likeness (QED) is 0.627. The third-order valence-corrected chi connectivity index (χ3v) is 5.50. The van der Waals surface area contributed by atoms with Crippen LogP contribution >= 0.6 is 11.3 Å². The lowest BCUT2D eigenvalue weighted by atomic mass is 10.1. The summed E-state index contributed by atoms with van der Waals surface area (Å²) in [6.07, 6.45) is -0.921. The Labute approximate surface area is 187 Å². The van der Waals surface area contributed by atoms with Gasteiger partial charge in [-0.05, 0) is 30.3 Å². The van der Waals surface area contributed by atoms with Crippen molar-refractivity contribution in [1.29, 1.82) is 0 Å². The molecule has 0 bridgehead atoms. The van der Waals surface area contributed by atoms with Gasteiger partial charge in [0, 0.05) is 30.5 Å². The van der Waals surface area contributed by atoms with Crippen LogP contribution in [-0.4, -0.2) is 35.4 Å². The fourth-order valence-electron chi connectivity index (χ4n) is 3.31. The number of carbonyl (C=O) groups excluding carboxylic acids is 3. The lowest BCUT2D eigenvalue weighted by Crippen LogP contribution is -2.48. The average Bonchev–Trinajstić information content (AvgIpc) is 3.20. The van der Waals surface area contributed by atoms with Gasteiger partial charge in [-0.3, -0.25) is 19.7 Å². The first-order chi connectivity index (χ1) is 15.3. The molecule has 10 heteroatoms. The molecule has 0 saturated heterocycles. The zero-order chi connectivity index (χ0) is 22.8. The van der Waals surface area contributed by atoms with E-state index in [1.165, 1.54) is 30.9 Å². The van der Waals surface area contributed by atoms with Gasteiger partial charge in [-0.2, -0.15) is 0 Å². The number of anilines is 3. The highest BCUT2D eigenvalue weighted by atomic mass is 32.1. The SMILES string of the molecule is CC(=O)Nc1ccc(-c2csc(NC(=O)C3CN(C(C)=O)c4ccccc4O3)n2)c(F)c1. The van der Waals surface area contributed by atoms with Crippen molar-refractivity contribution in [2.45, 2.75) is 20.0 Å². The molecule has 32 heavy (non-hydrogen) atoms. The summed E-state index contributed by atoms with van der Waals surface area (Å²) in [5.74, 6) is -1.08. The van der Waals surface area contributed by atoms with Gasteiger partial charge in [0.15, 0.2) is 11.2 Å². The first-order valence-corrected chi connectivity index (χ1v) is 10.6.